The average molecular weight is 617 g/mol. The number of pyridine rings is 1. The number of nitrogens with zero attached hydrogens (tertiary/aromatic N) is 4. The number of imidazole rings is 1. The molecule has 1 aromatic carbocycles. The van der Waals surface area contributed by atoms with Crippen molar-refractivity contribution in [1.29, 1.82) is 0 Å². The summed E-state index contributed by atoms with van der Waals surface area (Å²) < 4.78 is 18.6. The van der Waals surface area contributed by atoms with E-state index in [0.717, 1.165) is 16.9 Å². The first-order chi connectivity index (χ1) is 21.1. The predicted molar refractivity (Wildman–Crippen MR) is 166 cm³/mol. The quantitative estimate of drug-likeness (QED) is 0.0808. The number of thiazole rings is 1. The van der Waals surface area contributed by atoms with E-state index in [9.17, 15) is 19.5 Å². The van der Waals surface area contributed by atoms with E-state index < -0.39 is 29.5 Å². The first kappa shape index (κ1) is 30.5. The summed E-state index contributed by atoms with van der Waals surface area (Å²) in [5.74, 6) is -2.01. The molecule has 4 aromatic rings. The van der Waals surface area contributed by atoms with Crippen molar-refractivity contribution in [3.8, 4) is 11.5 Å². The first-order valence-electron chi connectivity index (χ1n) is 14.0. The summed E-state index contributed by atoms with van der Waals surface area (Å²) in [6.45, 7) is 13.2. The fourth-order valence-electron chi connectivity index (χ4n) is 5.13. The Morgan fingerprint density at radius 2 is 1.82 bits per heavy atom. The zero-order chi connectivity index (χ0) is 31.7. The van der Waals surface area contributed by atoms with Crippen LogP contribution in [0.1, 0.15) is 57.8 Å². The Morgan fingerprint density at radius 1 is 1.09 bits per heavy atom. The average Bonchev–Trinajstić information content (AvgIpc) is 3.64. The third-order valence-corrected chi connectivity index (χ3v) is 8.28. The number of ether oxygens (including phenoxy) is 3. The van der Waals surface area contributed by atoms with Crippen LogP contribution in [0.5, 0.6) is 11.5 Å². The number of anilines is 1. The highest BCUT2D eigenvalue weighted by Gasteiger charge is 2.49. The molecule has 1 aliphatic rings. The summed E-state index contributed by atoms with van der Waals surface area (Å²) in [7, 11) is 0. The number of esters is 1. The van der Waals surface area contributed by atoms with E-state index in [1.165, 1.54) is 11.0 Å². The van der Waals surface area contributed by atoms with E-state index in [1.54, 1.807) is 32.0 Å². The third-order valence-electron chi connectivity index (χ3n) is 7.14. The number of rotatable bonds is 10. The summed E-state index contributed by atoms with van der Waals surface area (Å²) in [6.07, 6.45) is 3.25. The molecule has 12 heteroatoms. The minimum absolute atomic E-state index is 0.000242. The van der Waals surface area contributed by atoms with Gasteiger partial charge < -0.3 is 23.7 Å². The maximum absolute atomic E-state index is 13.8. The van der Waals surface area contributed by atoms with Crippen LogP contribution < -0.4 is 14.4 Å². The molecule has 0 saturated carbocycles. The lowest BCUT2D eigenvalue weighted by molar-refractivity contribution is -0.132. The van der Waals surface area contributed by atoms with Crippen molar-refractivity contribution < 1.29 is 33.7 Å². The normalized spacial score (nSPS) is 16.0. The van der Waals surface area contributed by atoms with Crippen LogP contribution in [0.25, 0.3) is 11.4 Å². The number of carbonyl (C=O) groups excluding carboxylic acids is 3. The van der Waals surface area contributed by atoms with Crippen molar-refractivity contribution in [2.24, 2.45) is 0 Å². The van der Waals surface area contributed by atoms with Gasteiger partial charge in [-0.3, -0.25) is 14.5 Å². The molecule has 4 heterocycles. The topological polar surface area (TPSA) is 133 Å². The fourth-order valence-corrected chi connectivity index (χ4v) is 6.12. The highest BCUT2D eigenvalue weighted by Crippen LogP contribution is 2.46. The zero-order valence-electron chi connectivity index (χ0n) is 25.0. The Labute approximate surface area is 258 Å². The van der Waals surface area contributed by atoms with Crippen molar-refractivity contribution in [3.63, 3.8) is 0 Å². The molecule has 11 nitrogen and oxygen atoms in total. The zero-order valence-corrected chi connectivity index (χ0v) is 25.9. The fraction of sp³-hybridized carbons (Fsp3) is 0.281. The number of aliphatic hydroxyl groups excluding tert-OH is 1. The number of aromatic nitrogens is 3. The Bertz CT molecular complexity index is 1840. The van der Waals surface area contributed by atoms with Crippen LogP contribution in [0.15, 0.2) is 54.8 Å². The Hall–Kier alpha value is -4.97. The molecule has 3 aromatic heterocycles. The van der Waals surface area contributed by atoms with E-state index in [2.05, 4.69) is 16.5 Å². The molecule has 1 aliphatic heterocycles. The van der Waals surface area contributed by atoms with Gasteiger partial charge in [-0.25, -0.2) is 14.8 Å². The second kappa shape index (κ2) is 12.3. The monoisotopic (exact) mass is 616 g/mol. The first-order valence-corrected chi connectivity index (χ1v) is 14.8. The Balaban J connectivity index is 1.74. The van der Waals surface area contributed by atoms with Crippen LogP contribution >= 0.6 is 11.3 Å². The van der Waals surface area contributed by atoms with Gasteiger partial charge in [-0.2, -0.15) is 0 Å². The summed E-state index contributed by atoms with van der Waals surface area (Å²) in [5.41, 5.74) is 2.85. The number of amides is 1. The SMILES string of the molecule is C=CCOC(=O)c1sc(N2C(=O)C(=O)C(=C(O)c3nc4c(C)cccn4c3C)C2c2ccc(OCC)c(OCC)c2)nc1C. The van der Waals surface area contributed by atoms with Gasteiger partial charge in [0, 0.05) is 6.20 Å². The molecule has 1 N–H and O–H groups in total. The maximum Gasteiger partial charge on any atom is 0.350 e. The van der Waals surface area contributed by atoms with Gasteiger partial charge in [0.2, 0.25) is 0 Å². The summed E-state index contributed by atoms with van der Waals surface area (Å²) >= 11 is 0.917. The van der Waals surface area contributed by atoms with E-state index in [4.69, 9.17) is 14.2 Å². The van der Waals surface area contributed by atoms with Gasteiger partial charge in [0.1, 0.15) is 22.8 Å². The molecule has 1 unspecified atom stereocenters. The largest absolute Gasteiger partial charge is 0.505 e. The molecule has 5 rings (SSSR count). The lowest BCUT2D eigenvalue weighted by Crippen LogP contribution is -2.29. The van der Waals surface area contributed by atoms with Gasteiger partial charge in [0.05, 0.1) is 36.2 Å². The maximum atomic E-state index is 13.8. The molecule has 0 spiro atoms. The number of carbonyl (C=O) groups is 3. The van der Waals surface area contributed by atoms with Crippen LogP contribution in [0, 0.1) is 20.8 Å². The van der Waals surface area contributed by atoms with Gasteiger partial charge in [0.25, 0.3) is 5.78 Å². The third kappa shape index (κ3) is 5.21. The van der Waals surface area contributed by atoms with Crippen LogP contribution in [0.3, 0.4) is 0 Å². The van der Waals surface area contributed by atoms with E-state index in [-0.39, 0.29) is 27.9 Å². The van der Waals surface area contributed by atoms with Crippen molar-refractivity contribution in [3.05, 3.63) is 87.8 Å². The number of benzene rings is 1. The molecule has 228 valence electrons. The van der Waals surface area contributed by atoms with Gasteiger partial charge in [0.15, 0.2) is 22.4 Å². The lowest BCUT2D eigenvalue weighted by atomic mass is 9.96. The number of ketones is 1. The molecule has 44 heavy (non-hydrogen) atoms. The van der Waals surface area contributed by atoms with E-state index in [1.807, 2.05) is 43.5 Å². The smallest absolute Gasteiger partial charge is 0.350 e. The number of hydrogen-bond acceptors (Lipinski definition) is 10. The Kier molecular flexibility index (Phi) is 8.54. The molecule has 1 atom stereocenters. The molecule has 0 radical (unpaired) electrons. The minimum Gasteiger partial charge on any atom is -0.505 e. The summed E-state index contributed by atoms with van der Waals surface area (Å²) in [5, 5.41) is 11.9. The standard InChI is InChI=1S/C32H32N4O7S/c1-7-15-43-31(40)28-18(5)33-32(44-28)36-25(20-12-13-21(41-8-2)22(16-20)42-9-3)23(27(38)30(36)39)26(37)24-19(6)35-14-10-11-17(4)29(35)34-24/h7,10-14,16,25,37H,1,8-9,15H2,2-6H3. The predicted octanol–water partition coefficient (Wildman–Crippen LogP) is 5.48. The second-order valence-electron chi connectivity index (χ2n) is 9.97. The van der Waals surface area contributed by atoms with Crippen LogP contribution in [0.4, 0.5) is 5.13 Å². The number of fused-ring (bicyclic) bond motifs is 1. The van der Waals surface area contributed by atoms with Gasteiger partial charge in [-0.15, -0.1) is 0 Å². The van der Waals surface area contributed by atoms with Gasteiger partial charge in [-0.05, 0) is 63.9 Å². The molecule has 1 saturated heterocycles. The van der Waals surface area contributed by atoms with E-state index >= 15 is 0 Å². The van der Waals surface area contributed by atoms with Crippen molar-refractivity contribution in [2.75, 3.05) is 24.7 Å². The lowest BCUT2D eigenvalue weighted by Gasteiger charge is -2.24. The summed E-state index contributed by atoms with van der Waals surface area (Å²) in [4.78, 5) is 50.8. The molecule has 0 bridgehead atoms. The van der Waals surface area contributed by atoms with Crippen molar-refractivity contribution >= 4 is 45.5 Å². The molecular weight excluding hydrogens is 584 g/mol. The van der Waals surface area contributed by atoms with Gasteiger partial charge in [-0.1, -0.05) is 36.1 Å². The number of aryl methyl sites for hydroxylation is 3. The van der Waals surface area contributed by atoms with Crippen molar-refractivity contribution in [1.82, 2.24) is 14.4 Å². The van der Waals surface area contributed by atoms with Crippen LogP contribution in [-0.4, -0.2) is 57.0 Å². The van der Waals surface area contributed by atoms with Gasteiger partial charge >= 0.3 is 11.9 Å². The van der Waals surface area contributed by atoms with Crippen LogP contribution in [0.2, 0.25) is 0 Å². The minimum atomic E-state index is -1.13. The van der Waals surface area contributed by atoms with Crippen LogP contribution in [-0.2, 0) is 14.3 Å². The number of aliphatic hydroxyl groups is 1. The highest BCUT2D eigenvalue weighted by atomic mass is 32.1. The molecule has 0 aliphatic carbocycles. The Morgan fingerprint density at radius 3 is 2.50 bits per heavy atom. The highest BCUT2D eigenvalue weighted by molar-refractivity contribution is 7.17. The van der Waals surface area contributed by atoms with Crippen molar-refractivity contribution in [2.45, 2.75) is 40.7 Å². The second-order valence-corrected chi connectivity index (χ2v) is 10.9. The molecular formula is C32H32N4O7S. The van der Waals surface area contributed by atoms with E-state index in [0.29, 0.717) is 47.3 Å². The molecule has 1 amide bonds. The number of Topliss-reactive ketones (excluding diaryl/α,β-unsaturated/α-hetero) is 1. The molecule has 1 fully saturated rings. The summed E-state index contributed by atoms with van der Waals surface area (Å²) in [6, 6.07) is 7.68. The number of hydrogen-bond donors (Lipinski definition) is 1.